The fourth-order valence-corrected chi connectivity index (χ4v) is 0.818. The molecule has 0 amide bonds. The van der Waals surface area contributed by atoms with E-state index in [1.54, 1.807) is 0 Å². The molecule has 0 radical (unpaired) electrons. The van der Waals surface area contributed by atoms with E-state index >= 15 is 0 Å². The Balaban J connectivity index is 4.34. The summed E-state index contributed by atoms with van der Waals surface area (Å²) in [5, 5.41) is 12.6. The standard InChI is InChI=1S/C6H11FN2O3/c1-6(2,4-9(11)12)5(3-7)8-10/h5H,3-4H2,1-2H3. The summed E-state index contributed by atoms with van der Waals surface area (Å²) in [5.41, 5.74) is -1.01. The minimum absolute atomic E-state index is 0.451. The molecule has 0 spiro atoms. The minimum Gasteiger partial charge on any atom is -0.265 e. The Labute approximate surface area is 69.1 Å². The lowest BCUT2D eigenvalue weighted by Gasteiger charge is -2.22. The second-order valence-electron chi connectivity index (χ2n) is 3.25. The second-order valence-corrected chi connectivity index (χ2v) is 3.25. The maximum absolute atomic E-state index is 12.1. The smallest absolute Gasteiger partial charge is 0.211 e. The SMILES string of the molecule is CC(C)(C[N+](=O)[O-])C(CF)N=O. The van der Waals surface area contributed by atoms with E-state index in [2.05, 4.69) is 5.18 Å². The zero-order valence-electron chi connectivity index (χ0n) is 6.99. The molecule has 0 rings (SSSR count). The molecule has 1 atom stereocenters. The number of nitrogens with zero attached hydrogens (tertiary/aromatic N) is 2. The fraction of sp³-hybridized carbons (Fsp3) is 1.00. The number of hydrogen-bond acceptors (Lipinski definition) is 4. The van der Waals surface area contributed by atoms with E-state index in [1.165, 1.54) is 13.8 Å². The van der Waals surface area contributed by atoms with Gasteiger partial charge in [-0.25, -0.2) is 4.39 Å². The molecule has 0 aromatic carbocycles. The van der Waals surface area contributed by atoms with Gasteiger partial charge in [0, 0.05) is 4.92 Å². The summed E-state index contributed by atoms with van der Waals surface area (Å²) >= 11 is 0. The molecule has 5 nitrogen and oxygen atoms in total. The van der Waals surface area contributed by atoms with E-state index < -0.39 is 29.6 Å². The first kappa shape index (κ1) is 10.9. The van der Waals surface area contributed by atoms with Crippen LogP contribution in [0, 0.1) is 20.4 Å². The molecule has 0 bridgehead atoms. The molecule has 0 aliphatic heterocycles. The second kappa shape index (κ2) is 4.08. The normalized spacial score (nSPS) is 13.9. The number of alkyl halides is 1. The van der Waals surface area contributed by atoms with Crippen LogP contribution in [0.4, 0.5) is 4.39 Å². The lowest BCUT2D eigenvalue weighted by molar-refractivity contribution is -0.496. The highest BCUT2D eigenvalue weighted by atomic mass is 19.1. The number of hydrogen-bond donors (Lipinski definition) is 0. The van der Waals surface area contributed by atoms with Gasteiger partial charge in [0.1, 0.15) is 12.7 Å². The van der Waals surface area contributed by atoms with Crippen molar-refractivity contribution in [1.29, 1.82) is 0 Å². The van der Waals surface area contributed by atoms with Crippen LogP contribution in [0.2, 0.25) is 0 Å². The molecule has 0 saturated heterocycles. The number of rotatable bonds is 5. The number of nitroso groups, excluding NO2 is 1. The summed E-state index contributed by atoms with van der Waals surface area (Å²) in [6.45, 7) is 1.49. The van der Waals surface area contributed by atoms with Gasteiger partial charge in [0.25, 0.3) is 0 Å². The summed E-state index contributed by atoms with van der Waals surface area (Å²) in [4.78, 5) is 19.6. The van der Waals surface area contributed by atoms with E-state index in [-0.39, 0.29) is 0 Å². The number of nitro groups is 1. The van der Waals surface area contributed by atoms with Crippen LogP contribution in [-0.2, 0) is 0 Å². The molecule has 0 aliphatic rings. The third kappa shape index (κ3) is 2.89. The van der Waals surface area contributed by atoms with Crippen molar-refractivity contribution in [2.75, 3.05) is 13.2 Å². The zero-order valence-corrected chi connectivity index (χ0v) is 6.99. The quantitative estimate of drug-likeness (QED) is 0.362. The molecule has 70 valence electrons. The fourth-order valence-electron chi connectivity index (χ4n) is 0.818. The molecule has 0 N–H and O–H groups in total. The zero-order chi connectivity index (χ0) is 9.78. The highest BCUT2D eigenvalue weighted by molar-refractivity contribution is 4.82. The molecule has 0 heterocycles. The monoisotopic (exact) mass is 178 g/mol. The van der Waals surface area contributed by atoms with Crippen LogP contribution < -0.4 is 0 Å². The van der Waals surface area contributed by atoms with E-state index in [0.29, 0.717) is 0 Å². The Hall–Kier alpha value is -1.07. The molecule has 0 aromatic rings. The van der Waals surface area contributed by atoms with Crippen LogP contribution >= 0.6 is 0 Å². The summed E-state index contributed by atoms with van der Waals surface area (Å²) in [6, 6.07) is -1.14. The maximum atomic E-state index is 12.1. The molecule has 0 fully saturated rings. The van der Waals surface area contributed by atoms with E-state index in [1.807, 2.05) is 0 Å². The van der Waals surface area contributed by atoms with Crippen LogP contribution in [0.25, 0.3) is 0 Å². The number of halogens is 1. The Morgan fingerprint density at radius 3 is 2.42 bits per heavy atom. The average molecular weight is 178 g/mol. The Morgan fingerprint density at radius 2 is 2.17 bits per heavy atom. The third-order valence-electron chi connectivity index (χ3n) is 1.71. The van der Waals surface area contributed by atoms with E-state index in [0.717, 1.165) is 0 Å². The third-order valence-corrected chi connectivity index (χ3v) is 1.71. The Bertz CT molecular complexity index is 184. The first-order chi connectivity index (χ1) is 5.44. The molecule has 0 aromatic heterocycles. The van der Waals surface area contributed by atoms with Crippen molar-refractivity contribution in [3.05, 3.63) is 15.0 Å². The first-order valence-electron chi connectivity index (χ1n) is 3.44. The van der Waals surface area contributed by atoms with Gasteiger partial charge in [-0.3, -0.25) is 10.1 Å². The maximum Gasteiger partial charge on any atom is 0.211 e. The molecule has 12 heavy (non-hydrogen) atoms. The van der Waals surface area contributed by atoms with Gasteiger partial charge in [-0.15, -0.1) is 0 Å². The molecule has 6 heteroatoms. The van der Waals surface area contributed by atoms with Crippen molar-refractivity contribution in [2.24, 2.45) is 10.6 Å². The topological polar surface area (TPSA) is 72.6 Å². The minimum atomic E-state index is -1.14. The summed E-state index contributed by atoms with van der Waals surface area (Å²) in [7, 11) is 0. The highest BCUT2D eigenvalue weighted by Gasteiger charge is 2.35. The van der Waals surface area contributed by atoms with Crippen molar-refractivity contribution in [1.82, 2.24) is 0 Å². The van der Waals surface area contributed by atoms with E-state index in [9.17, 15) is 19.4 Å². The largest absolute Gasteiger partial charge is 0.265 e. The molecular weight excluding hydrogens is 167 g/mol. The van der Waals surface area contributed by atoms with Crippen molar-refractivity contribution in [3.8, 4) is 0 Å². The molecule has 0 aliphatic carbocycles. The van der Waals surface area contributed by atoms with Crippen LogP contribution in [0.3, 0.4) is 0 Å². The Kier molecular flexibility index (Phi) is 3.72. The lowest BCUT2D eigenvalue weighted by atomic mass is 9.86. The van der Waals surface area contributed by atoms with Crippen LogP contribution in [-0.4, -0.2) is 24.2 Å². The lowest BCUT2D eigenvalue weighted by Crippen LogP contribution is -2.35. The molecule has 0 saturated carbocycles. The van der Waals surface area contributed by atoms with Gasteiger partial charge in [-0.1, -0.05) is 19.0 Å². The summed E-state index contributed by atoms with van der Waals surface area (Å²) in [6.07, 6.45) is 0. The van der Waals surface area contributed by atoms with Crippen LogP contribution in [0.5, 0.6) is 0 Å². The van der Waals surface area contributed by atoms with Crippen molar-refractivity contribution in [3.63, 3.8) is 0 Å². The first-order valence-corrected chi connectivity index (χ1v) is 3.44. The predicted octanol–water partition coefficient (Wildman–Crippen LogP) is 1.39. The van der Waals surface area contributed by atoms with Crippen LogP contribution in [0.1, 0.15) is 13.8 Å². The van der Waals surface area contributed by atoms with Gasteiger partial charge in [0.15, 0.2) is 0 Å². The molecule has 1 unspecified atom stereocenters. The van der Waals surface area contributed by atoms with Gasteiger partial charge in [-0.2, -0.15) is 4.91 Å². The highest BCUT2D eigenvalue weighted by Crippen LogP contribution is 2.23. The summed E-state index contributed by atoms with van der Waals surface area (Å²) in [5.74, 6) is 0. The van der Waals surface area contributed by atoms with Crippen molar-refractivity contribution >= 4 is 0 Å². The van der Waals surface area contributed by atoms with Gasteiger partial charge >= 0.3 is 0 Å². The van der Waals surface area contributed by atoms with Gasteiger partial charge < -0.3 is 0 Å². The van der Waals surface area contributed by atoms with Crippen molar-refractivity contribution in [2.45, 2.75) is 19.9 Å². The van der Waals surface area contributed by atoms with Crippen molar-refractivity contribution < 1.29 is 9.31 Å². The van der Waals surface area contributed by atoms with Crippen LogP contribution in [0.15, 0.2) is 5.18 Å². The molecular formula is C6H11FN2O3. The average Bonchev–Trinajstić information content (AvgIpc) is 1.85. The van der Waals surface area contributed by atoms with Gasteiger partial charge in [0.05, 0.1) is 5.41 Å². The predicted molar refractivity (Wildman–Crippen MR) is 41.2 cm³/mol. The Morgan fingerprint density at radius 1 is 1.67 bits per heavy atom. The summed E-state index contributed by atoms with van der Waals surface area (Å²) < 4.78 is 12.1. The van der Waals surface area contributed by atoms with E-state index in [4.69, 9.17) is 0 Å². The van der Waals surface area contributed by atoms with Gasteiger partial charge in [0.2, 0.25) is 6.54 Å². The van der Waals surface area contributed by atoms with Gasteiger partial charge in [-0.05, 0) is 0 Å².